The second-order valence-corrected chi connectivity index (χ2v) is 3.32. The second kappa shape index (κ2) is 4.13. The summed E-state index contributed by atoms with van der Waals surface area (Å²) in [4.78, 5) is 21.2. The van der Waals surface area contributed by atoms with Gasteiger partial charge in [0.2, 0.25) is 0 Å². The van der Waals surface area contributed by atoms with Crippen LogP contribution in [-0.2, 0) is 9.59 Å². The summed E-state index contributed by atoms with van der Waals surface area (Å²) in [6.45, 7) is 0. The van der Waals surface area contributed by atoms with Crippen LogP contribution in [0.2, 0.25) is 0 Å². The van der Waals surface area contributed by atoms with Gasteiger partial charge in [0.1, 0.15) is 5.58 Å². The molecule has 0 aliphatic heterocycles. The molecular weight excluding hydrogens is 224 g/mol. The highest BCUT2D eigenvalue weighted by molar-refractivity contribution is 6.38. The largest absolute Gasteiger partial charge is 0.480 e. The molecule has 86 valence electrons. The predicted molar refractivity (Wildman–Crippen MR) is 59.6 cm³/mol. The zero-order valence-electron chi connectivity index (χ0n) is 8.58. The number of para-hydroxylation sites is 1. The van der Waals surface area contributed by atoms with Crippen molar-refractivity contribution in [1.82, 2.24) is 0 Å². The number of benzene rings is 1. The van der Waals surface area contributed by atoms with E-state index >= 15 is 0 Å². The standard InChI is InChI=1S/C12H8O5/c13-9(11(14)15)6-5-8-7-3-1-2-4-10(7)17-12(8)16/h1-6,16H,(H,14,15). The summed E-state index contributed by atoms with van der Waals surface area (Å²) in [5.74, 6) is -2.95. The predicted octanol–water partition coefficient (Wildman–Crippen LogP) is 1.81. The van der Waals surface area contributed by atoms with E-state index in [-0.39, 0.29) is 11.5 Å². The average Bonchev–Trinajstić information content (AvgIpc) is 2.61. The molecular formula is C12H8O5. The first-order chi connectivity index (χ1) is 8.09. The normalized spacial score (nSPS) is 11.1. The van der Waals surface area contributed by atoms with Crippen molar-refractivity contribution in [3.05, 3.63) is 35.9 Å². The Balaban J connectivity index is 2.45. The van der Waals surface area contributed by atoms with Gasteiger partial charge in [-0.3, -0.25) is 4.79 Å². The number of carbonyl (C=O) groups excluding carboxylic acids is 1. The Morgan fingerprint density at radius 2 is 1.94 bits per heavy atom. The highest BCUT2D eigenvalue weighted by atomic mass is 16.5. The molecule has 2 rings (SSSR count). The van der Waals surface area contributed by atoms with Crippen molar-refractivity contribution >= 4 is 28.8 Å². The highest BCUT2D eigenvalue weighted by Gasteiger charge is 2.12. The molecule has 0 unspecified atom stereocenters. The zero-order valence-corrected chi connectivity index (χ0v) is 8.58. The molecule has 17 heavy (non-hydrogen) atoms. The molecule has 0 bridgehead atoms. The summed E-state index contributed by atoms with van der Waals surface area (Å²) < 4.78 is 5.04. The number of carboxylic acids is 1. The number of fused-ring (bicyclic) bond motifs is 1. The Kier molecular flexibility index (Phi) is 2.66. The van der Waals surface area contributed by atoms with Gasteiger partial charge >= 0.3 is 5.97 Å². The number of hydrogen-bond acceptors (Lipinski definition) is 4. The third-order valence-corrected chi connectivity index (χ3v) is 2.23. The number of carbonyl (C=O) groups is 2. The van der Waals surface area contributed by atoms with Crippen LogP contribution >= 0.6 is 0 Å². The Morgan fingerprint density at radius 1 is 1.24 bits per heavy atom. The molecule has 1 heterocycles. The van der Waals surface area contributed by atoms with Gasteiger partial charge in [-0.25, -0.2) is 4.79 Å². The van der Waals surface area contributed by atoms with Crippen LogP contribution in [0, 0.1) is 0 Å². The fourth-order valence-electron chi connectivity index (χ4n) is 1.44. The number of rotatable bonds is 3. The number of aromatic hydroxyl groups is 1. The van der Waals surface area contributed by atoms with Gasteiger partial charge in [0.15, 0.2) is 0 Å². The van der Waals surface area contributed by atoms with Gasteiger partial charge in [-0.05, 0) is 18.2 Å². The Bertz CT molecular complexity index is 621. The SMILES string of the molecule is O=C(O)C(=O)C=Cc1c(O)oc2ccccc12. The van der Waals surface area contributed by atoms with E-state index in [9.17, 15) is 14.7 Å². The molecule has 2 N–H and O–H groups in total. The summed E-state index contributed by atoms with van der Waals surface area (Å²) in [7, 11) is 0. The first-order valence-electron chi connectivity index (χ1n) is 4.75. The van der Waals surface area contributed by atoms with Gasteiger partial charge < -0.3 is 14.6 Å². The summed E-state index contributed by atoms with van der Waals surface area (Å²) in [5, 5.41) is 18.5. The van der Waals surface area contributed by atoms with Crippen LogP contribution in [0.4, 0.5) is 0 Å². The second-order valence-electron chi connectivity index (χ2n) is 3.32. The molecule has 0 aliphatic carbocycles. The summed E-state index contributed by atoms with van der Waals surface area (Å²) >= 11 is 0. The van der Waals surface area contributed by atoms with E-state index in [4.69, 9.17) is 9.52 Å². The van der Waals surface area contributed by atoms with E-state index < -0.39 is 11.8 Å². The molecule has 0 saturated heterocycles. The van der Waals surface area contributed by atoms with Gasteiger partial charge in [-0.2, -0.15) is 0 Å². The van der Waals surface area contributed by atoms with Crippen molar-refractivity contribution in [2.24, 2.45) is 0 Å². The third-order valence-electron chi connectivity index (χ3n) is 2.23. The fraction of sp³-hybridized carbons (Fsp3) is 0. The third kappa shape index (κ3) is 2.03. The molecule has 0 spiro atoms. The Morgan fingerprint density at radius 3 is 2.65 bits per heavy atom. The molecule has 0 fully saturated rings. The van der Waals surface area contributed by atoms with Crippen molar-refractivity contribution in [2.75, 3.05) is 0 Å². The summed E-state index contributed by atoms with van der Waals surface area (Å²) in [5.41, 5.74) is 0.752. The van der Waals surface area contributed by atoms with Gasteiger partial charge in [0.05, 0.1) is 5.56 Å². The zero-order chi connectivity index (χ0) is 12.4. The Hall–Kier alpha value is -2.56. The lowest BCUT2D eigenvalue weighted by atomic mass is 10.1. The highest BCUT2D eigenvalue weighted by Crippen LogP contribution is 2.31. The van der Waals surface area contributed by atoms with Crippen LogP contribution in [0.25, 0.3) is 17.0 Å². The minimum absolute atomic E-state index is 0.287. The maximum absolute atomic E-state index is 10.9. The van der Waals surface area contributed by atoms with E-state index in [1.807, 2.05) is 0 Å². The average molecular weight is 232 g/mol. The molecule has 0 amide bonds. The minimum atomic E-state index is -1.55. The quantitative estimate of drug-likeness (QED) is 0.622. The van der Waals surface area contributed by atoms with Gasteiger partial charge in [0.25, 0.3) is 11.7 Å². The molecule has 0 aliphatic rings. The first kappa shape index (κ1) is 10.9. The van der Waals surface area contributed by atoms with Gasteiger partial charge in [0, 0.05) is 5.39 Å². The minimum Gasteiger partial charge on any atom is -0.480 e. The molecule has 1 aromatic carbocycles. The van der Waals surface area contributed by atoms with Crippen molar-refractivity contribution in [1.29, 1.82) is 0 Å². The van der Waals surface area contributed by atoms with E-state index in [1.165, 1.54) is 6.08 Å². The van der Waals surface area contributed by atoms with E-state index in [2.05, 4.69) is 0 Å². The maximum Gasteiger partial charge on any atom is 0.376 e. The van der Waals surface area contributed by atoms with Gasteiger partial charge in [-0.1, -0.05) is 18.2 Å². The molecule has 1 aromatic heterocycles. The van der Waals surface area contributed by atoms with Crippen LogP contribution < -0.4 is 0 Å². The van der Waals surface area contributed by atoms with E-state index in [0.717, 1.165) is 6.08 Å². The van der Waals surface area contributed by atoms with Crippen molar-refractivity contribution in [3.63, 3.8) is 0 Å². The number of ketones is 1. The molecule has 5 heteroatoms. The van der Waals surface area contributed by atoms with Crippen LogP contribution in [-0.4, -0.2) is 22.0 Å². The fourth-order valence-corrected chi connectivity index (χ4v) is 1.44. The maximum atomic E-state index is 10.9. The molecule has 0 saturated carbocycles. The summed E-state index contributed by atoms with van der Waals surface area (Å²) in [6.07, 6.45) is 2.09. The van der Waals surface area contributed by atoms with Crippen molar-refractivity contribution in [3.8, 4) is 5.95 Å². The number of carboxylic acid groups (broad SMARTS) is 1. The Labute approximate surface area is 95.6 Å². The van der Waals surface area contributed by atoms with Crippen molar-refractivity contribution < 1.29 is 24.2 Å². The lowest BCUT2D eigenvalue weighted by molar-refractivity contribution is -0.146. The topological polar surface area (TPSA) is 87.7 Å². The monoisotopic (exact) mass is 232 g/mol. The first-order valence-corrected chi connectivity index (χ1v) is 4.75. The van der Waals surface area contributed by atoms with Crippen LogP contribution in [0.15, 0.2) is 34.8 Å². The van der Waals surface area contributed by atoms with Crippen LogP contribution in [0.3, 0.4) is 0 Å². The molecule has 2 aromatic rings. The molecule has 0 atom stereocenters. The van der Waals surface area contributed by atoms with E-state index in [0.29, 0.717) is 11.0 Å². The van der Waals surface area contributed by atoms with Crippen molar-refractivity contribution in [2.45, 2.75) is 0 Å². The lowest BCUT2D eigenvalue weighted by Crippen LogP contribution is -2.08. The molecule has 0 radical (unpaired) electrons. The smallest absolute Gasteiger partial charge is 0.376 e. The number of furan rings is 1. The number of hydrogen-bond donors (Lipinski definition) is 2. The van der Waals surface area contributed by atoms with E-state index in [1.54, 1.807) is 24.3 Å². The summed E-state index contributed by atoms with van der Waals surface area (Å²) in [6, 6.07) is 6.84. The van der Waals surface area contributed by atoms with Crippen LogP contribution in [0.5, 0.6) is 5.95 Å². The van der Waals surface area contributed by atoms with Crippen LogP contribution in [0.1, 0.15) is 5.56 Å². The molecule has 5 nitrogen and oxygen atoms in total. The van der Waals surface area contributed by atoms with Gasteiger partial charge in [-0.15, -0.1) is 0 Å². The number of aliphatic carboxylic acids is 1. The lowest BCUT2D eigenvalue weighted by Gasteiger charge is -1.89.